The number of para-hydroxylation sites is 1. The minimum atomic E-state index is -1.05. The fourth-order valence-corrected chi connectivity index (χ4v) is 3.92. The average Bonchev–Trinajstić information content (AvgIpc) is 2.78. The minimum absolute atomic E-state index is 0. The van der Waals surface area contributed by atoms with E-state index >= 15 is 0 Å². The first-order valence-corrected chi connectivity index (χ1v) is 10.00. The summed E-state index contributed by atoms with van der Waals surface area (Å²) in [5, 5.41) is 15.4. The Morgan fingerprint density at radius 1 is 1.13 bits per heavy atom. The topological polar surface area (TPSA) is 78.9 Å². The number of benzene rings is 3. The number of hydrogen-bond acceptors (Lipinski definition) is 4. The number of rotatable bonds is 6. The molecule has 0 aliphatic carbocycles. The van der Waals surface area contributed by atoms with E-state index in [1.807, 2.05) is 12.1 Å². The Balaban J connectivity index is 0.00000272. The molecule has 2 N–H and O–H groups in total. The predicted molar refractivity (Wildman–Crippen MR) is 123 cm³/mol. The maximum absolute atomic E-state index is 12.4. The second kappa shape index (κ2) is 9.92. The highest BCUT2D eigenvalue weighted by atomic mass is 35.5. The van der Waals surface area contributed by atoms with Crippen molar-refractivity contribution >= 4 is 40.7 Å². The number of amides is 1. The number of carbonyl (C=O) groups excluding carboxylic acids is 1. The van der Waals surface area contributed by atoms with Gasteiger partial charge in [0.1, 0.15) is 6.61 Å². The lowest BCUT2D eigenvalue weighted by molar-refractivity contribution is -0.129. The molecule has 6 nitrogen and oxygen atoms in total. The Morgan fingerprint density at radius 2 is 1.84 bits per heavy atom. The van der Waals surface area contributed by atoms with E-state index in [1.54, 1.807) is 18.2 Å². The van der Waals surface area contributed by atoms with E-state index in [0.717, 1.165) is 0 Å². The molecule has 31 heavy (non-hydrogen) atoms. The van der Waals surface area contributed by atoms with Crippen LogP contribution in [0.25, 0.3) is 10.8 Å². The highest BCUT2D eigenvalue weighted by Gasteiger charge is 2.30. The van der Waals surface area contributed by atoms with Gasteiger partial charge in [-0.1, -0.05) is 54.6 Å². The first-order valence-electron chi connectivity index (χ1n) is 10.00. The molecule has 2 atom stereocenters. The molecule has 162 valence electrons. The molecule has 0 aromatic heterocycles. The number of morpholine rings is 1. The molecule has 1 aliphatic rings. The van der Waals surface area contributed by atoms with Crippen LogP contribution in [0.3, 0.4) is 0 Å². The van der Waals surface area contributed by atoms with Crippen LogP contribution in [0.1, 0.15) is 28.9 Å². The highest BCUT2D eigenvalue weighted by molar-refractivity contribution is 6.02. The lowest BCUT2D eigenvalue weighted by atomic mass is 9.99. The summed E-state index contributed by atoms with van der Waals surface area (Å²) in [6.45, 7) is 2.89. The molecule has 3 aromatic rings. The molecule has 0 saturated carbocycles. The average molecular weight is 441 g/mol. The zero-order valence-corrected chi connectivity index (χ0v) is 18.0. The molecule has 1 fully saturated rings. The summed E-state index contributed by atoms with van der Waals surface area (Å²) < 4.78 is 5.71. The Labute approximate surface area is 187 Å². The summed E-state index contributed by atoms with van der Waals surface area (Å²) in [5.41, 5.74) is 1.72. The number of ether oxygens (including phenoxy) is 1. The van der Waals surface area contributed by atoms with Gasteiger partial charge in [-0.3, -0.25) is 4.79 Å². The quantitative estimate of drug-likeness (QED) is 0.604. The third-order valence-electron chi connectivity index (χ3n) is 5.50. The zero-order chi connectivity index (χ0) is 21.1. The molecule has 0 bridgehead atoms. The predicted octanol–water partition coefficient (Wildman–Crippen LogP) is 4.04. The van der Waals surface area contributed by atoms with Crippen LogP contribution in [0.15, 0.2) is 66.7 Å². The van der Waals surface area contributed by atoms with Crippen LogP contribution in [-0.4, -0.2) is 42.8 Å². The fraction of sp³-hybridized carbons (Fsp3) is 0.250. The van der Waals surface area contributed by atoms with E-state index in [1.165, 1.54) is 27.3 Å². The molecule has 1 unspecified atom stereocenters. The van der Waals surface area contributed by atoms with Gasteiger partial charge in [-0.2, -0.15) is 0 Å². The van der Waals surface area contributed by atoms with Crippen molar-refractivity contribution in [1.29, 1.82) is 0 Å². The Bertz CT molecular complexity index is 1080. The number of aromatic carboxylic acids is 1. The van der Waals surface area contributed by atoms with Crippen molar-refractivity contribution < 1.29 is 19.4 Å². The molecule has 0 spiro atoms. The van der Waals surface area contributed by atoms with Crippen molar-refractivity contribution in [3.05, 3.63) is 77.9 Å². The van der Waals surface area contributed by atoms with Crippen molar-refractivity contribution in [2.45, 2.75) is 19.1 Å². The molecule has 7 heteroatoms. The van der Waals surface area contributed by atoms with Crippen LogP contribution in [0.5, 0.6) is 0 Å². The number of carboxylic acid groups (broad SMARTS) is 1. The first-order chi connectivity index (χ1) is 14.5. The molecule has 1 aliphatic heterocycles. The number of halogens is 1. The van der Waals surface area contributed by atoms with Crippen molar-refractivity contribution in [2.75, 3.05) is 24.6 Å². The van der Waals surface area contributed by atoms with E-state index in [9.17, 15) is 14.7 Å². The molecular weight excluding hydrogens is 416 g/mol. The summed E-state index contributed by atoms with van der Waals surface area (Å²) in [7, 11) is 0. The summed E-state index contributed by atoms with van der Waals surface area (Å²) in [4.78, 5) is 25.5. The molecule has 1 saturated heterocycles. The van der Waals surface area contributed by atoms with Crippen molar-refractivity contribution in [3.63, 3.8) is 0 Å². The number of nitrogens with one attached hydrogen (secondary N) is 1. The largest absolute Gasteiger partial charge is 0.478 e. The molecular formula is C24H25ClN2O4. The summed E-state index contributed by atoms with van der Waals surface area (Å²) in [5.74, 6) is -1.29. The van der Waals surface area contributed by atoms with Crippen LogP contribution >= 0.6 is 12.4 Å². The number of fused-ring (bicyclic) bond motifs is 1. The van der Waals surface area contributed by atoms with Crippen molar-refractivity contribution in [1.82, 2.24) is 5.32 Å². The summed E-state index contributed by atoms with van der Waals surface area (Å²) >= 11 is 0. The van der Waals surface area contributed by atoms with Gasteiger partial charge < -0.3 is 20.1 Å². The van der Waals surface area contributed by atoms with Crippen LogP contribution in [0.2, 0.25) is 0 Å². The van der Waals surface area contributed by atoms with Crippen LogP contribution < -0.4 is 10.2 Å². The van der Waals surface area contributed by atoms with Gasteiger partial charge in [0.15, 0.2) is 0 Å². The highest BCUT2D eigenvalue weighted by Crippen LogP contribution is 2.26. The van der Waals surface area contributed by atoms with Crippen LogP contribution in [0, 0.1) is 0 Å². The third kappa shape index (κ3) is 4.88. The molecule has 1 heterocycles. The molecule has 4 rings (SSSR count). The second-order valence-electron chi connectivity index (χ2n) is 7.46. The van der Waals surface area contributed by atoms with Crippen molar-refractivity contribution in [2.24, 2.45) is 0 Å². The van der Waals surface area contributed by atoms with E-state index in [4.69, 9.17) is 4.74 Å². The summed E-state index contributed by atoms with van der Waals surface area (Å²) in [6, 6.07) is 21.2. The van der Waals surface area contributed by atoms with Crippen LogP contribution in [0.4, 0.5) is 5.69 Å². The summed E-state index contributed by atoms with van der Waals surface area (Å²) in [6.07, 6.45) is -0.234. The Hall–Kier alpha value is -2.93. The monoisotopic (exact) mass is 440 g/mol. The standard InChI is InChI=1S/C24H24N2O4.ClH/c1-16(19-11-6-8-17-7-2-3-9-20(17)19)25-13-18-14-26(23(27)15-30-18)22-12-5-4-10-21(22)24(28)29;/h2-12,16,18,25H,13-15H2,1H3,(H,28,29);1H/t16-,18?;/m1./s1. The SMILES string of the molecule is C[C@@H](NCC1CN(c2ccccc2C(=O)O)C(=O)CO1)c1cccc2ccccc12.Cl. The van der Waals surface area contributed by atoms with Crippen molar-refractivity contribution in [3.8, 4) is 0 Å². The van der Waals surface area contributed by atoms with Gasteiger partial charge in [0, 0.05) is 12.6 Å². The maximum Gasteiger partial charge on any atom is 0.337 e. The minimum Gasteiger partial charge on any atom is -0.478 e. The third-order valence-corrected chi connectivity index (χ3v) is 5.50. The van der Waals surface area contributed by atoms with E-state index in [-0.39, 0.29) is 42.6 Å². The number of anilines is 1. The Morgan fingerprint density at radius 3 is 2.65 bits per heavy atom. The molecule has 0 radical (unpaired) electrons. The fourth-order valence-electron chi connectivity index (χ4n) is 3.92. The van der Waals surface area contributed by atoms with Gasteiger partial charge >= 0.3 is 5.97 Å². The van der Waals surface area contributed by atoms with Gasteiger partial charge in [-0.05, 0) is 35.4 Å². The van der Waals surface area contributed by atoms with E-state index in [0.29, 0.717) is 18.8 Å². The maximum atomic E-state index is 12.4. The smallest absolute Gasteiger partial charge is 0.337 e. The van der Waals surface area contributed by atoms with Gasteiger partial charge in [0.25, 0.3) is 5.91 Å². The number of carboxylic acids is 1. The van der Waals surface area contributed by atoms with Gasteiger partial charge in [0.2, 0.25) is 0 Å². The zero-order valence-electron chi connectivity index (χ0n) is 17.2. The normalized spacial score (nSPS) is 17.3. The number of nitrogens with zero attached hydrogens (tertiary/aromatic N) is 1. The van der Waals surface area contributed by atoms with Gasteiger partial charge in [0.05, 0.1) is 23.9 Å². The number of carbonyl (C=O) groups is 2. The Kier molecular flexibility index (Phi) is 7.28. The van der Waals surface area contributed by atoms with Gasteiger partial charge in [-0.15, -0.1) is 12.4 Å². The van der Waals surface area contributed by atoms with Crippen LogP contribution in [-0.2, 0) is 9.53 Å². The number of hydrogen-bond donors (Lipinski definition) is 2. The lowest BCUT2D eigenvalue weighted by Crippen LogP contribution is -2.50. The first kappa shape index (κ1) is 22.7. The van der Waals surface area contributed by atoms with Gasteiger partial charge in [-0.25, -0.2) is 4.79 Å². The van der Waals surface area contributed by atoms with E-state index < -0.39 is 5.97 Å². The molecule has 1 amide bonds. The molecule has 3 aromatic carbocycles. The van der Waals surface area contributed by atoms with E-state index in [2.05, 4.69) is 42.6 Å². The second-order valence-corrected chi connectivity index (χ2v) is 7.46. The lowest BCUT2D eigenvalue weighted by Gasteiger charge is -2.34.